The van der Waals surface area contributed by atoms with Crippen molar-refractivity contribution in [2.45, 2.75) is 63.0 Å². The number of benzene rings is 2. The van der Waals surface area contributed by atoms with E-state index in [1.165, 1.54) is 6.07 Å². The van der Waals surface area contributed by atoms with Gasteiger partial charge in [-0.1, -0.05) is 61.7 Å². The normalized spacial score (nSPS) is 22.9. The van der Waals surface area contributed by atoms with E-state index in [2.05, 4.69) is 5.32 Å². The Morgan fingerprint density at radius 2 is 1.74 bits per heavy atom. The topological polar surface area (TPSA) is 113 Å². The number of carboxylic acids is 1. The van der Waals surface area contributed by atoms with Gasteiger partial charge in [-0.2, -0.15) is 4.31 Å². The van der Waals surface area contributed by atoms with Crippen molar-refractivity contribution in [3.8, 4) is 11.1 Å². The monoisotopic (exact) mass is 500 g/mol. The molecular formula is C26H32N2O6S. The standard InChI is InChI=1S/C26H32N2O6S/c1-17(2)34-26(31)27-22-14-8-13-21(18-9-4-3-5-10-18)24(22)35(32,33)28-16-15-19-11-6-7-12-20(19)23(28)25(29)30/h3-5,8-10,13-14,17,19-20,23H,6-7,11-12,15-16H2,1-2H3,(H,27,31)(H,29,30). The second kappa shape index (κ2) is 10.4. The highest BCUT2D eigenvalue weighted by Crippen LogP contribution is 2.44. The van der Waals surface area contributed by atoms with Gasteiger partial charge in [-0.15, -0.1) is 0 Å². The molecule has 0 bridgehead atoms. The van der Waals surface area contributed by atoms with Crippen LogP contribution >= 0.6 is 0 Å². The Labute approximate surface area is 206 Å². The quantitative estimate of drug-likeness (QED) is 0.579. The summed E-state index contributed by atoms with van der Waals surface area (Å²) < 4.78 is 34.9. The van der Waals surface area contributed by atoms with Gasteiger partial charge < -0.3 is 9.84 Å². The molecule has 1 aliphatic carbocycles. The van der Waals surface area contributed by atoms with Crippen molar-refractivity contribution in [3.05, 3.63) is 48.5 Å². The van der Waals surface area contributed by atoms with Gasteiger partial charge >= 0.3 is 12.1 Å². The number of nitrogens with one attached hydrogen (secondary N) is 1. The van der Waals surface area contributed by atoms with Gasteiger partial charge in [0, 0.05) is 12.1 Å². The van der Waals surface area contributed by atoms with Crippen molar-refractivity contribution in [1.82, 2.24) is 4.31 Å². The predicted octanol–water partition coefficient (Wildman–Crippen LogP) is 4.96. The number of amides is 1. The van der Waals surface area contributed by atoms with E-state index in [1.54, 1.807) is 50.2 Å². The second-order valence-electron chi connectivity index (χ2n) is 9.52. The van der Waals surface area contributed by atoms with Gasteiger partial charge in [0.1, 0.15) is 10.9 Å². The minimum atomic E-state index is -4.31. The number of hydrogen-bond acceptors (Lipinski definition) is 5. The molecule has 0 spiro atoms. The molecule has 188 valence electrons. The van der Waals surface area contributed by atoms with E-state index in [9.17, 15) is 23.1 Å². The molecule has 1 amide bonds. The van der Waals surface area contributed by atoms with Crippen LogP contribution in [0.1, 0.15) is 46.0 Å². The van der Waals surface area contributed by atoms with Crippen molar-refractivity contribution < 1.29 is 27.9 Å². The predicted molar refractivity (Wildman–Crippen MR) is 132 cm³/mol. The van der Waals surface area contributed by atoms with E-state index in [0.717, 1.165) is 23.6 Å². The third-order valence-electron chi connectivity index (χ3n) is 6.90. The second-order valence-corrected chi connectivity index (χ2v) is 11.4. The summed E-state index contributed by atoms with van der Waals surface area (Å²) in [5.41, 5.74) is 1.10. The number of carbonyl (C=O) groups is 2. The Morgan fingerprint density at radius 1 is 1.03 bits per heavy atom. The molecule has 2 fully saturated rings. The van der Waals surface area contributed by atoms with Crippen molar-refractivity contribution in [1.29, 1.82) is 0 Å². The zero-order valence-corrected chi connectivity index (χ0v) is 20.8. The van der Waals surface area contributed by atoms with Crippen LogP contribution in [0.5, 0.6) is 0 Å². The average molecular weight is 501 g/mol. The van der Waals surface area contributed by atoms with Crippen LogP contribution in [0.3, 0.4) is 0 Å². The maximum absolute atomic E-state index is 14.3. The molecule has 9 heteroatoms. The molecule has 2 N–H and O–H groups in total. The first kappa shape index (κ1) is 25.2. The van der Waals surface area contributed by atoms with Crippen LogP contribution in [0.15, 0.2) is 53.4 Å². The number of hydrogen-bond donors (Lipinski definition) is 2. The molecule has 0 radical (unpaired) electrons. The number of carbonyl (C=O) groups excluding carboxylic acids is 1. The van der Waals surface area contributed by atoms with Crippen LogP contribution in [-0.4, -0.2) is 48.6 Å². The van der Waals surface area contributed by atoms with E-state index in [1.807, 2.05) is 6.07 Å². The van der Waals surface area contributed by atoms with E-state index < -0.39 is 34.2 Å². The number of anilines is 1. The number of aliphatic carboxylic acids is 1. The first-order chi connectivity index (χ1) is 16.7. The lowest BCUT2D eigenvalue weighted by Gasteiger charge is -2.45. The summed E-state index contributed by atoms with van der Waals surface area (Å²) in [7, 11) is -4.31. The van der Waals surface area contributed by atoms with Gasteiger partial charge in [-0.25, -0.2) is 13.2 Å². The molecule has 3 unspecified atom stereocenters. The highest BCUT2D eigenvalue weighted by molar-refractivity contribution is 7.89. The van der Waals surface area contributed by atoms with E-state index in [-0.39, 0.29) is 29.0 Å². The van der Waals surface area contributed by atoms with Gasteiger partial charge in [-0.3, -0.25) is 10.1 Å². The van der Waals surface area contributed by atoms with Crippen molar-refractivity contribution in [3.63, 3.8) is 0 Å². The van der Waals surface area contributed by atoms with Gasteiger partial charge in [0.2, 0.25) is 10.0 Å². The first-order valence-corrected chi connectivity index (χ1v) is 13.5. The summed E-state index contributed by atoms with van der Waals surface area (Å²) in [5.74, 6) is -1.15. The Kier molecular flexibility index (Phi) is 7.47. The molecule has 1 saturated heterocycles. The third-order valence-corrected chi connectivity index (χ3v) is 8.89. The highest BCUT2D eigenvalue weighted by atomic mass is 32.2. The number of sulfonamides is 1. The fraction of sp³-hybridized carbons (Fsp3) is 0.462. The van der Waals surface area contributed by atoms with Crippen LogP contribution in [0, 0.1) is 11.8 Å². The molecular weight excluding hydrogens is 468 g/mol. The largest absolute Gasteiger partial charge is 0.480 e. The van der Waals surface area contributed by atoms with Gasteiger partial charge in [-0.05, 0) is 50.2 Å². The molecule has 35 heavy (non-hydrogen) atoms. The van der Waals surface area contributed by atoms with Crippen LogP contribution < -0.4 is 5.32 Å². The van der Waals surface area contributed by atoms with Crippen LogP contribution in [0.4, 0.5) is 10.5 Å². The molecule has 2 aromatic rings. The summed E-state index contributed by atoms with van der Waals surface area (Å²) >= 11 is 0. The maximum Gasteiger partial charge on any atom is 0.411 e. The minimum Gasteiger partial charge on any atom is -0.480 e. The Morgan fingerprint density at radius 3 is 2.43 bits per heavy atom. The maximum atomic E-state index is 14.3. The number of carboxylic acid groups (broad SMARTS) is 1. The summed E-state index contributed by atoms with van der Waals surface area (Å²) in [5, 5.41) is 12.7. The number of rotatable bonds is 6. The van der Waals surface area contributed by atoms with E-state index in [0.29, 0.717) is 24.0 Å². The zero-order chi connectivity index (χ0) is 25.2. The minimum absolute atomic E-state index is 0.0620. The van der Waals surface area contributed by atoms with Gasteiger partial charge in [0.15, 0.2) is 0 Å². The van der Waals surface area contributed by atoms with Crippen molar-refractivity contribution in [2.75, 3.05) is 11.9 Å². The number of ether oxygens (including phenoxy) is 1. The van der Waals surface area contributed by atoms with Crippen LogP contribution in [0.2, 0.25) is 0 Å². The van der Waals surface area contributed by atoms with Crippen LogP contribution in [-0.2, 0) is 19.6 Å². The molecule has 1 saturated carbocycles. The fourth-order valence-electron chi connectivity index (χ4n) is 5.46. The summed E-state index contributed by atoms with van der Waals surface area (Å²) in [6, 6.07) is 12.7. The van der Waals surface area contributed by atoms with E-state index in [4.69, 9.17) is 4.74 Å². The number of fused-ring (bicyclic) bond motifs is 1. The third kappa shape index (κ3) is 5.21. The lowest BCUT2D eigenvalue weighted by molar-refractivity contribution is -0.146. The zero-order valence-electron chi connectivity index (χ0n) is 20.0. The molecule has 4 rings (SSSR count). The van der Waals surface area contributed by atoms with Gasteiger partial charge in [0.05, 0.1) is 11.8 Å². The lowest BCUT2D eigenvalue weighted by atomic mass is 9.71. The Bertz CT molecular complexity index is 1180. The Balaban J connectivity index is 1.84. The summed E-state index contributed by atoms with van der Waals surface area (Å²) in [4.78, 5) is 24.8. The molecule has 2 aromatic carbocycles. The SMILES string of the molecule is CC(C)OC(=O)Nc1cccc(-c2ccccc2)c1S(=O)(=O)N1CCC2CCCCC2C1C(=O)O. The Hall–Kier alpha value is -2.91. The molecule has 3 atom stereocenters. The van der Waals surface area contributed by atoms with Crippen molar-refractivity contribution in [2.24, 2.45) is 11.8 Å². The number of nitrogens with zero attached hydrogens (tertiary/aromatic N) is 1. The van der Waals surface area contributed by atoms with Gasteiger partial charge in [0.25, 0.3) is 0 Å². The molecule has 8 nitrogen and oxygen atoms in total. The summed E-state index contributed by atoms with van der Waals surface area (Å²) in [6.45, 7) is 3.52. The number of piperidine rings is 1. The molecule has 0 aromatic heterocycles. The van der Waals surface area contributed by atoms with Crippen molar-refractivity contribution >= 4 is 27.8 Å². The van der Waals surface area contributed by atoms with Crippen LogP contribution in [0.25, 0.3) is 11.1 Å². The lowest BCUT2D eigenvalue weighted by Crippen LogP contribution is -2.56. The smallest absolute Gasteiger partial charge is 0.411 e. The first-order valence-electron chi connectivity index (χ1n) is 12.1. The highest BCUT2D eigenvalue weighted by Gasteiger charge is 2.48. The summed E-state index contributed by atoms with van der Waals surface area (Å²) in [6.07, 6.45) is 3.02. The molecule has 2 aliphatic rings. The van der Waals surface area contributed by atoms with E-state index >= 15 is 0 Å². The fourth-order valence-corrected chi connectivity index (χ4v) is 7.45. The molecule has 1 heterocycles. The molecule has 1 aliphatic heterocycles. The average Bonchev–Trinajstić information content (AvgIpc) is 2.83.